The van der Waals surface area contributed by atoms with Gasteiger partial charge in [0.15, 0.2) is 0 Å². The summed E-state index contributed by atoms with van der Waals surface area (Å²) in [7, 11) is 0. The molecule has 0 N–H and O–H groups in total. The molecule has 0 fully saturated rings. The summed E-state index contributed by atoms with van der Waals surface area (Å²) in [6.07, 6.45) is 14.0. The standard InChI is InChI=1S/C31H37.C21H26.C11H17.2ClH.Zr/c1-28(2,3)26-16-30(7,8)24-12-18-11-19-13-25-23(15-21(19)20(18)14-22(24)26)27(29(4,5)6)17-31(25,9)10;1-20(2,3)18-11-7-16(8-12-18)15-17-9-13-19(14-10-17)21(4,5)6;1-5-9-6-7-10(8-9)11(2,3)4;;;/h11-17H,1-10H3;7-14H,1-6H3;7-9H,5H2,1-4H3;2*1H;/q-1;;-1;;;+2/p-2. The third-order valence-corrected chi connectivity index (χ3v) is 15.2. The number of hydrogen-bond donors (Lipinski definition) is 0. The molecule has 0 nitrogen and oxygen atoms in total. The number of hydrogen-bond acceptors (Lipinski definition) is 0. The zero-order valence-corrected chi connectivity index (χ0v) is 48.3. The van der Waals surface area contributed by atoms with E-state index in [0.29, 0.717) is 11.3 Å². The fourth-order valence-corrected chi connectivity index (χ4v) is 10.4. The van der Waals surface area contributed by atoms with Crippen LogP contribution < -0.4 is 24.8 Å². The fraction of sp³-hybridized carbons (Fsp3) is 0.460. The summed E-state index contributed by atoms with van der Waals surface area (Å²) < 4.78 is 1.42. The van der Waals surface area contributed by atoms with Gasteiger partial charge in [-0.05, 0) is 33.1 Å². The summed E-state index contributed by atoms with van der Waals surface area (Å²) in [5.74, 6) is 0.573. The molecule has 1 unspecified atom stereocenters. The van der Waals surface area contributed by atoms with E-state index in [1.165, 1.54) is 117 Å². The van der Waals surface area contributed by atoms with Crippen LogP contribution in [-0.2, 0) is 45.9 Å². The van der Waals surface area contributed by atoms with Gasteiger partial charge in [0.05, 0.1) is 0 Å². The van der Waals surface area contributed by atoms with Gasteiger partial charge in [-0.2, -0.15) is 11.6 Å². The van der Waals surface area contributed by atoms with Gasteiger partial charge in [0, 0.05) is 10.8 Å². The van der Waals surface area contributed by atoms with Gasteiger partial charge in [-0.25, -0.2) is 6.08 Å². The minimum atomic E-state index is 0. The normalized spacial score (nSPS) is 17.3. The Labute approximate surface area is 429 Å². The maximum absolute atomic E-state index is 3.35. The van der Waals surface area contributed by atoms with Crippen LogP contribution in [0.2, 0.25) is 0 Å². The Morgan fingerprint density at radius 2 is 0.909 bits per heavy atom. The zero-order valence-electron chi connectivity index (χ0n) is 44.4. The van der Waals surface area contributed by atoms with Crippen molar-refractivity contribution in [1.82, 2.24) is 0 Å². The van der Waals surface area contributed by atoms with E-state index in [1.54, 1.807) is 0 Å². The smallest absolute Gasteiger partial charge is 0.0640 e. The molecular formula is C63H80Cl2Zr-2. The van der Waals surface area contributed by atoms with Crippen LogP contribution >= 0.6 is 0 Å². The summed E-state index contributed by atoms with van der Waals surface area (Å²) in [6, 6.07) is 30.5. The van der Waals surface area contributed by atoms with Crippen LogP contribution in [0.25, 0.3) is 32.7 Å². The van der Waals surface area contributed by atoms with E-state index >= 15 is 0 Å². The second kappa shape index (κ2) is 19.4. The summed E-state index contributed by atoms with van der Waals surface area (Å²) in [6.45, 7) is 46.0. The largest absolute Gasteiger partial charge is 1.00 e. The molecule has 0 heterocycles. The van der Waals surface area contributed by atoms with Crippen molar-refractivity contribution in [3.63, 3.8) is 0 Å². The van der Waals surface area contributed by atoms with Gasteiger partial charge < -0.3 is 24.8 Å². The van der Waals surface area contributed by atoms with Crippen molar-refractivity contribution in [3.05, 3.63) is 159 Å². The molecule has 0 amide bonds. The molecule has 0 aliphatic heterocycles. The van der Waals surface area contributed by atoms with Crippen LogP contribution in [0.4, 0.5) is 0 Å². The average Bonchev–Trinajstić information content (AvgIpc) is 3.94. The first-order valence-corrected chi connectivity index (χ1v) is 25.3. The molecular weight excluding hydrogens is 919 g/mol. The zero-order chi connectivity index (χ0) is 47.7. The molecule has 3 aliphatic rings. The third-order valence-electron chi connectivity index (χ3n) is 13.8. The van der Waals surface area contributed by atoms with Crippen LogP contribution in [0.15, 0.2) is 109 Å². The van der Waals surface area contributed by atoms with E-state index < -0.39 is 0 Å². The minimum Gasteiger partial charge on any atom is -1.00 e. The SMILES string of the molecule is CC(C)(C)C1=CC(C)(C)c2cc3[cH-]c4cc5c(cc4c3cc21)C(C(C)(C)C)=CC5(C)C.CC(C)(C)c1ccc([C](=[Zr+2])c2ccc(C(C)(C)C)cc2)cc1.CCC1[C-]=CC(C(C)(C)C)=C1.[Cl-].[Cl-]. The molecule has 3 heteroatoms. The molecule has 0 spiro atoms. The van der Waals surface area contributed by atoms with Gasteiger partial charge >= 0.3 is 151 Å². The predicted molar refractivity (Wildman–Crippen MR) is 281 cm³/mol. The maximum Gasteiger partial charge on any atom is -0.0640 e. The quantitative estimate of drug-likeness (QED) is 0.158. The van der Waals surface area contributed by atoms with Crippen molar-refractivity contribution >= 4 is 35.9 Å². The van der Waals surface area contributed by atoms with Gasteiger partial charge in [0.25, 0.3) is 0 Å². The molecule has 0 bridgehead atoms. The van der Waals surface area contributed by atoms with Crippen LogP contribution in [0.3, 0.4) is 0 Å². The van der Waals surface area contributed by atoms with Crippen LogP contribution in [0.1, 0.15) is 189 Å². The number of allylic oxidation sites excluding steroid dienone is 8. The van der Waals surface area contributed by atoms with Gasteiger partial charge in [-0.15, -0.1) is 39.7 Å². The number of benzene rings is 4. The first-order valence-electron chi connectivity index (χ1n) is 24.0. The summed E-state index contributed by atoms with van der Waals surface area (Å²) in [5, 5.41) is 5.58. The molecule has 0 saturated carbocycles. The van der Waals surface area contributed by atoms with E-state index in [2.05, 4.69) is 248 Å². The molecule has 5 aromatic rings. The monoisotopic (exact) mass is 996 g/mol. The van der Waals surface area contributed by atoms with E-state index in [1.807, 2.05) is 0 Å². The summed E-state index contributed by atoms with van der Waals surface area (Å²) in [4.78, 5) is 0. The Morgan fingerprint density at radius 1 is 0.545 bits per heavy atom. The van der Waals surface area contributed by atoms with E-state index in [9.17, 15) is 0 Å². The first-order chi connectivity index (χ1) is 29.2. The van der Waals surface area contributed by atoms with Crippen molar-refractivity contribution in [2.75, 3.05) is 0 Å². The molecule has 352 valence electrons. The Kier molecular flexibility index (Phi) is 16.4. The van der Waals surface area contributed by atoms with Crippen molar-refractivity contribution < 1.29 is 49.0 Å². The Bertz CT molecular complexity index is 2520. The number of halogens is 2. The molecule has 3 aliphatic carbocycles. The summed E-state index contributed by atoms with van der Waals surface area (Å²) in [5.41, 5.74) is 16.9. The Morgan fingerprint density at radius 3 is 1.18 bits per heavy atom. The molecule has 5 aromatic carbocycles. The van der Waals surface area contributed by atoms with Gasteiger partial charge in [0.2, 0.25) is 0 Å². The van der Waals surface area contributed by atoms with Crippen LogP contribution in [0, 0.1) is 28.2 Å². The molecule has 0 aromatic heterocycles. The third kappa shape index (κ3) is 11.9. The second-order valence-electron chi connectivity index (χ2n) is 25.4. The molecule has 0 saturated heterocycles. The average molecular weight is 999 g/mol. The topological polar surface area (TPSA) is 0 Å². The van der Waals surface area contributed by atoms with E-state index in [-0.39, 0.29) is 57.3 Å². The number of rotatable bonds is 3. The molecule has 66 heavy (non-hydrogen) atoms. The molecule has 1 atom stereocenters. The van der Waals surface area contributed by atoms with Gasteiger partial charge in [-0.1, -0.05) is 150 Å². The van der Waals surface area contributed by atoms with Crippen molar-refractivity contribution in [1.29, 1.82) is 0 Å². The first kappa shape index (κ1) is 55.6. The summed E-state index contributed by atoms with van der Waals surface area (Å²) >= 11 is 1.46. The molecule has 8 rings (SSSR count). The fourth-order valence-electron chi connectivity index (χ4n) is 9.54. The maximum atomic E-state index is 3.35. The Balaban J connectivity index is 0.000000238. The van der Waals surface area contributed by atoms with Crippen molar-refractivity contribution in [3.8, 4) is 0 Å². The van der Waals surface area contributed by atoms with Crippen molar-refractivity contribution in [2.45, 2.75) is 167 Å². The second-order valence-corrected chi connectivity index (χ2v) is 26.6. The van der Waals surface area contributed by atoms with E-state index in [0.717, 1.165) is 0 Å². The Hall–Kier alpha value is -2.96. The molecule has 0 radical (unpaired) electrons. The van der Waals surface area contributed by atoms with Gasteiger partial charge in [-0.3, -0.25) is 6.08 Å². The number of fused-ring (bicyclic) bond motifs is 5. The van der Waals surface area contributed by atoms with Crippen LogP contribution in [0.5, 0.6) is 0 Å². The predicted octanol–water partition coefficient (Wildman–Crippen LogP) is 11.9. The minimum absolute atomic E-state index is 0. The van der Waals surface area contributed by atoms with Crippen LogP contribution in [-0.4, -0.2) is 3.21 Å². The van der Waals surface area contributed by atoms with E-state index in [4.69, 9.17) is 0 Å². The van der Waals surface area contributed by atoms with Crippen molar-refractivity contribution in [2.24, 2.45) is 22.2 Å². The van der Waals surface area contributed by atoms with Gasteiger partial charge in [0.1, 0.15) is 0 Å².